The lowest BCUT2D eigenvalue weighted by Crippen LogP contribution is -2.87. The molecule has 0 spiro atoms. The summed E-state index contributed by atoms with van der Waals surface area (Å²) in [6.07, 6.45) is -1.19. The summed E-state index contributed by atoms with van der Waals surface area (Å²) >= 11 is 0. The van der Waals surface area contributed by atoms with Crippen molar-refractivity contribution in [2.45, 2.75) is 102 Å². The van der Waals surface area contributed by atoms with E-state index in [0.29, 0.717) is 19.4 Å². The van der Waals surface area contributed by atoms with Crippen LogP contribution < -0.4 is 0 Å². The van der Waals surface area contributed by atoms with Gasteiger partial charge >= 0.3 is 11.9 Å². The fourth-order valence-corrected chi connectivity index (χ4v) is 7.27. The van der Waals surface area contributed by atoms with Gasteiger partial charge in [-0.15, -0.1) is 6.58 Å². The van der Waals surface area contributed by atoms with Gasteiger partial charge in [0.25, 0.3) is 0 Å². The summed E-state index contributed by atoms with van der Waals surface area (Å²) in [7, 11) is 3.68. The van der Waals surface area contributed by atoms with E-state index < -0.39 is 69.6 Å². The Bertz CT molecular complexity index is 933. The van der Waals surface area contributed by atoms with E-state index >= 15 is 0 Å². The number of carbonyl (C=O) groups is 3. The molecule has 2 N–H and O–H groups in total. The third kappa shape index (κ3) is 4.12. The van der Waals surface area contributed by atoms with Crippen LogP contribution in [0.1, 0.15) is 67.2 Å². The van der Waals surface area contributed by atoms with Gasteiger partial charge in [0.2, 0.25) is 0 Å². The molecule has 0 aromatic rings. The average Bonchev–Trinajstić information content (AvgIpc) is 2.75. The molecule has 3 rings (SSSR count). The van der Waals surface area contributed by atoms with Gasteiger partial charge in [-0.05, 0) is 46.2 Å². The number of hydrogen-bond donors (Lipinski definition) is 2. The van der Waals surface area contributed by atoms with Gasteiger partial charge in [-0.1, -0.05) is 26.8 Å². The maximum Gasteiger partial charge on any atom is 0.307 e. The topological polar surface area (TPSA) is 123 Å². The molecule has 0 aromatic heterocycles. The largest absolute Gasteiger partial charge is 0.458 e. The summed E-state index contributed by atoms with van der Waals surface area (Å²) < 4.78 is 18.4. The van der Waals surface area contributed by atoms with Gasteiger partial charge in [0, 0.05) is 31.2 Å². The lowest BCUT2D eigenvalue weighted by Gasteiger charge is -2.71. The molecule has 1 aliphatic heterocycles. The minimum Gasteiger partial charge on any atom is -0.458 e. The van der Waals surface area contributed by atoms with Crippen molar-refractivity contribution in [2.24, 2.45) is 16.7 Å². The monoisotopic (exact) mass is 509 g/mol. The fraction of sp³-hybridized carbons (Fsp3) is 0.815. The molecule has 9 nitrogen and oxygen atoms in total. The molecule has 1 heterocycles. The standard InChI is InChI=1S/C27H43NO8/c1-10-24(5)15-18(31)27(33)25(6)17(30)11-13-23(3,4)21(25)20(35-19(32)12-14-28(8)9)22(34-16(2)29)26(27,7)36-24/h10,17,20-22,30,33H,1,11-15H2,2-9H3/t17?,20-,21?,22?,24-,25-,26+,27?/m0/s1. The van der Waals surface area contributed by atoms with Crippen molar-refractivity contribution < 1.29 is 38.8 Å². The highest BCUT2D eigenvalue weighted by Gasteiger charge is 2.82. The molecule has 0 amide bonds. The van der Waals surface area contributed by atoms with E-state index in [1.807, 2.05) is 32.8 Å². The molecular weight excluding hydrogens is 466 g/mol. The number of rotatable bonds is 6. The van der Waals surface area contributed by atoms with Crippen LogP contribution in [0.3, 0.4) is 0 Å². The first-order valence-corrected chi connectivity index (χ1v) is 12.7. The summed E-state index contributed by atoms with van der Waals surface area (Å²) in [5, 5.41) is 24.0. The number of Topliss-reactive ketones (excluding diaryl/α,β-unsaturated/α-hetero) is 1. The quantitative estimate of drug-likeness (QED) is 0.409. The predicted octanol–water partition coefficient (Wildman–Crippen LogP) is 2.02. The molecule has 0 aromatic carbocycles. The molecule has 3 fully saturated rings. The summed E-state index contributed by atoms with van der Waals surface area (Å²) in [5.74, 6) is -2.43. The summed E-state index contributed by atoms with van der Waals surface area (Å²) in [4.78, 5) is 41.3. The van der Waals surface area contributed by atoms with Crippen LogP contribution in [0, 0.1) is 16.7 Å². The number of aliphatic hydroxyl groups is 2. The lowest BCUT2D eigenvalue weighted by atomic mass is 9.39. The summed E-state index contributed by atoms with van der Waals surface area (Å²) in [6, 6.07) is 0. The number of ether oxygens (including phenoxy) is 3. The van der Waals surface area contributed by atoms with Gasteiger partial charge in [-0.25, -0.2) is 0 Å². The summed E-state index contributed by atoms with van der Waals surface area (Å²) in [5.41, 5.74) is -7.31. The molecular formula is C27H43NO8. The SMILES string of the molecule is C=C[C@@]1(C)CC(=O)C2(O)[C@@]3(C)C(O)CCC(C)(C)C3[C@H](OC(=O)CCN(C)C)C(OC(C)=O)[C@@]2(C)O1. The Kier molecular flexibility index (Phi) is 7.34. The second-order valence-electron chi connectivity index (χ2n) is 12.4. The third-order valence-corrected chi connectivity index (χ3v) is 9.03. The van der Waals surface area contributed by atoms with Crippen LogP contribution in [0.25, 0.3) is 0 Å². The minimum absolute atomic E-state index is 0.0911. The van der Waals surface area contributed by atoms with Gasteiger partial charge < -0.3 is 29.3 Å². The molecule has 2 aliphatic carbocycles. The number of hydrogen-bond acceptors (Lipinski definition) is 9. The normalized spacial score (nSPS) is 43.8. The van der Waals surface area contributed by atoms with Crippen molar-refractivity contribution in [3.05, 3.63) is 12.7 Å². The van der Waals surface area contributed by atoms with Gasteiger partial charge in [0.05, 0.1) is 18.1 Å². The van der Waals surface area contributed by atoms with Crippen LogP contribution >= 0.6 is 0 Å². The number of esters is 2. The van der Waals surface area contributed by atoms with Crippen LogP contribution in [0.2, 0.25) is 0 Å². The first kappa shape index (κ1) is 28.8. The van der Waals surface area contributed by atoms with E-state index in [0.717, 1.165) is 0 Å². The molecule has 1 saturated heterocycles. The van der Waals surface area contributed by atoms with E-state index in [9.17, 15) is 24.6 Å². The highest BCUT2D eigenvalue weighted by atomic mass is 16.6. The Morgan fingerprint density at radius 2 is 1.81 bits per heavy atom. The molecule has 4 unspecified atom stereocenters. The number of carbonyl (C=O) groups excluding carboxylic acids is 3. The Morgan fingerprint density at radius 1 is 1.19 bits per heavy atom. The molecule has 0 radical (unpaired) electrons. The first-order chi connectivity index (χ1) is 16.4. The third-order valence-electron chi connectivity index (χ3n) is 9.03. The van der Waals surface area contributed by atoms with Crippen LogP contribution in [0.15, 0.2) is 12.7 Å². The Hall–Kier alpha value is -1.81. The van der Waals surface area contributed by atoms with Crippen LogP contribution in [0.4, 0.5) is 0 Å². The smallest absolute Gasteiger partial charge is 0.307 e. The average molecular weight is 510 g/mol. The van der Waals surface area contributed by atoms with Crippen molar-refractivity contribution in [1.29, 1.82) is 0 Å². The van der Waals surface area contributed by atoms with E-state index in [1.54, 1.807) is 13.8 Å². The number of ketones is 1. The van der Waals surface area contributed by atoms with Crippen LogP contribution in [0.5, 0.6) is 0 Å². The maximum absolute atomic E-state index is 13.9. The predicted molar refractivity (Wildman–Crippen MR) is 132 cm³/mol. The molecule has 0 bridgehead atoms. The number of aliphatic hydroxyl groups excluding tert-OH is 1. The van der Waals surface area contributed by atoms with Gasteiger partial charge in [0.15, 0.2) is 17.5 Å². The van der Waals surface area contributed by atoms with Crippen LogP contribution in [-0.2, 0) is 28.6 Å². The van der Waals surface area contributed by atoms with E-state index in [-0.39, 0.29) is 12.8 Å². The molecule has 8 atom stereocenters. The Labute approximate surface area is 214 Å². The van der Waals surface area contributed by atoms with Gasteiger partial charge in [0.1, 0.15) is 11.7 Å². The highest BCUT2D eigenvalue weighted by molar-refractivity contribution is 5.92. The molecule has 2 saturated carbocycles. The van der Waals surface area contributed by atoms with E-state index in [4.69, 9.17) is 14.2 Å². The maximum atomic E-state index is 13.9. The van der Waals surface area contributed by atoms with Crippen molar-refractivity contribution in [1.82, 2.24) is 4.90 Å². The zero-order chi connectivity index (χ0) is 27.5. The first-order valence-electron chi connectivity index (χ1n) is 12.7. The zero-order valence-corrected chi connectivity index (χ0v) is 22.9. The molecule has 3 aliphatic rings. The second kappa shape index (κ2) is 9.19. The van der Waals surface area contributed by atoms with E-state index in [2.05, 4.69) is 6.58 Å². The number of nitrogens with zero attached hydrogens (tertiary/aromatic N) is 1. The Balaban J connectivity index is 2.29. The lowest BCUT2D eigenvalue weighted by molar-refractivity contribution is -0.371. The zero-order valence-electron chi connectivity index (χ0n) is 22.9. The second-order valence-corrected chi connectivity index (χ2v) is 12.4. The fourth-order valence-electron chi connectivity index (χ4n) is 7.27. The van der Waals surface area contributed by atoms with Crippen molar-refractivity contribution >= 4 is 17.7 Å². The summed E-state index contributed by atoms with van der Waals surface area (Å²) in [6.45, 7) is 14.2. The van der Waals surface area contributed by atoms with E-state index in [1.165, 1.54) is 19.9 Å². The highest BCUT2D eigenvalue weighted by Crippen LogP contribution is 2.67. The van der Waals surface area contributed by atoms with Gasteiger partial charge in [-0.3, -0.25) is 14.4 Å². The van der Waals surface area contributed by atoms with Crippen molar-refractivity contribution in [3.8, 4) is 0 Å². The van der Waals surface area contributed by atoms with Crippen LogP contribution in [-0.4, -0.2) is 88.6 Å². The molecule has 204 valence electrons. The number of fused-ring (bicyclic) bond motifs is 3. The molecule has 9 heteroatoms. The van der Waals surface area contributed by atoms with Crippen molar-refractivity contribution in [3.63, 3.8) is 0 Å². The van der Waals surface area contributed by atoms with Crippen molar-refractivity contribution in [2.75, 3.05) is 20.6 Å². The van der Waals surface area contributed by atoms with Gasteiger partial charge in [-0.2, -0.15) is 0 Å². The minimum atomic E-state index is -2.24. The molecule has 36 heavy (non-hydrogen) atoms. The Morgan fingerprint density at radius 3 is 2.33 bits per heavy atom.